The molecule has 1 fully saturated rings. The number of nitrogens with one attached hydrogen (secondary N) is 1. The maximum atomic E-state index is 12.5. The van der Waals surface area contributed by atoms with E-state index in [4.69, 9.17) is 4.74 Å². The van der Waals surface area contributed by atoms with E-state index >= 15 is 0 Å². The van der Waals surface area contributed by atoms with Crippen LogP contribution in [0, 0.1) is 0 Å². The number of hydrogen-bond donors (Lipinski definition) is 1. The molecule has 0 spiro atoms. The Hall–Kier alpha value is -2.07. The first-order valence-corrected chi connectivity index (χ1v) is 8.39. The van der Waals surface area contributed by atoms with Crippen molar-refractivity contribution in [3.05, 3.63) is 42.5 Å². The first kappa shape index (κ1) is 15.8. The van der Waals surface area contributed by atoms with Crippen molar-refractivity contribution in [1.82, 2.24) is 10.2 Å². The van der Waals surface area contributed by atoms with Crippen LogP contribution in [0.2, 0.25) is 0 Å². The Morgan fingerprint density at radius 1 is 1.26 bits per heavy atom. The molecule has 1 heterocycles. The van der Waals surface area contributed by atoms with E-state index < -0.39 is 0 Å². The van der Waals surface area contributed by atoms with Crippen LogP contribution in [0.1, 0.15) is 19.8 Å². The second-order valence-corrected chi connectivity index (χ2v) is 6.03. The molecule has 4 heteroatoms. The molecule has 1 saturated heterocycles. The summed E-state index contributed by atoms with van der Waals surface area (Å²) in [5.41, 5.74) is 0. The van der Waals surface area contributed by atoms with Gasteiger partial charge in [0.05, 0.1) is 0 Å². The third-order valence-corrected chi connectivity index (χ3v) is 4.34. The zero-order chi connectivity index (χ0) is 16.1. The van der Waals surface area contributed by atoms with Crippen LogP contribution >= 0.6 is 0 Å². The van der Waals surface area contributed by atoms with Crippen molar-refractivity contribution in [2.75, 3.05) is 26.2 Å². The summed E-state index contributed by atoms with van der Waals surface area (Å²) in [5.74, 6) is 0.826. The van der Waals surface area contributed by atoms with Crippen LogP contribution in [0.5, 0.6) is 5.75 Å². The molecule has 1 unspecified atom stereocenters. The molecule has 0 saturated carbocycles. The minimum atomic E-state index is 0.0775. The maximum Gasteiger partial charge on any atom is 0.260 e. The van der Waals surface area contributed by atoms with Gasteiger partial charge in [0.2, 0.25) is 0 Å². The van der Waals surface area contributed by atoms with Crippen molar-refractivity contribution < 1.29 is 9.53 Å². The molecular weight excluding hydrogens is 288 g/mol. The fourth-order valence-corrected chi connectivity index (χ4v) is 3.14. The summed E-state index contributed by atoms with van der Waals surface area (Å²) in [6.45, 7) is 4.89. The van der Waals surface area contributed by atoms with Crippen molar-refractivity contribution in [2.45, 2.75) is 25.8 Å². The van der Waals surface area contributed by atoms with Gasteiger partial charge in [0, 0.05) is 19.1 Å². The number of nitrogens with zero attached hydrogens (tertiary/aromatic N) is 1. The average Bonchev–Trinajstić information content (AvgIpc) is 3.11. The Bertz CT molecular complexity index is 665. The predicted octanol–water partition coefficient (Wildman–Crippen LogP) is 2.82. The molecule has 0 radical (unpaired) electrons. The van der Waals surface area contributed by atoms with Gasteiger partial charge in [-0.25, -0.2) is 0 Å². The van der Waals surface area contributed by atoms with E-state index in [1.807, 2.05) is 35.2 Å². The van der Waals surface area contributed by atoms with Crippen LogP contribution in [0.3, 0.4) is 0 Å². The summed E-state index contributed by atoms with van der Waals surface area (Å²) in [4.78, 5) is 14.5. The normalized spacial score (nSPS) is 17.3. The maximum absolute atomic E-state index is 12.5. The Morgan fingerprint density at radius 2 is 2.09 bits per heavy atom. The van der Waals surface area contributed by atoms with Gasteiger partial charge in [-0.05, 0) is 42.3 Å². The lowest BCUT2D eigenvalue weighted by molar-refractivity contribution is -0.135. The summed E-state index contributed by atoms with van der Waals surface area (Å²) in [6, 6.07) is 14.4. The second kappa shape index (κ2) is 7.47. The number of amides is 1. The second-order valence-electron chi connectivity index (χ2n) is 6.03. The molecule has 1 atom stereocenters. The zero-order valence-electron chi connectivity index (χ0n) is 13.6. The Kier molecular flexibility index (Phi) is 5.13. The third-order valence-electron chi connectivity index (χ3n) is 4.34. The van der Waals surface area contributed by atoms with Gasteiger partial charge in [-0.3, -0.25) is 4.79 Å². The molecule has 1 amide bonds. The van der Waals surface area contributed by atoms with Crippen LogP contribution in [-0.4, -0.2) is 43.1 Å². The molecular formula is C19H24N2O2. The third kappa shape index (κ3) is 3.82. The number of carbonyl (C=O) groups is 1. The number of fused-ring (bicyclic) bond motifs is 1. The summed E-state index contributed by atoms with van der Waals surface area (Å²) in [5, 5.41) is 5.63. The molecule has 1 N–H and O–H groups in total. The summed E-state index contributed by atoms with van der Waals surface area (Å²) in [7, 11) is 0. The largest absolute Gasteiger partial charge is 0.484 e. The molecule has 0 aromatic heterocycles. The number of carbonyl (C=O) groups excluding carboxylic acids is 1. The highest BCUT2D eigenvalue weighted by Gasteiger charge is 2.25. The minimum absolute atomic E-state index is 0.0775. The van der Waals surface area contributed by atoms with E-state index in [0.29, 0.717) is 6.04 Å². The Labute approximate surface area is 137 Å². The number of rotatable bonds is 6. The van der Waals surface area contributed by atoms with Crippen LogP contribution in [0.15, 0.2) is 42.5 Å². The quantitative estimate of drug-likeness (QED) is 0.892. The van der Waals surface area contributed by atoms with Crippen molar-refractivity contribution in [3.8, 4) is 5.75 Å². The van der Waals surface area contributed by atoms with Gasteiger partial charge in [-0.2, -0.15) is 0 Å². The highest BCUT2D eigenvalue weighted by molar-refractivity contribution is 5.84. The van der Waals surface area contributed by atoms with E-state index in [1.165, 1.54) is 5.39 Å². The lowest BCUT2D eigenvalue weighted by Gasteiger charge is -2.28. The van der Waals surface area contributed by atoms with Crippen LogP contribution < -0.4 is 10.1 Å². The molecule has 23 heavy (non-hydrogen) atoms. The van der Waals surface area contributed by atoms with E-state index in [2.05, 4.69) is 24.4 Å². The first-order valence-electron chi connectivity index (χ1n) is 8.39. The van der Waals surface area contributed by atoms with Crippen molar-refractivity contribution in [2.24, 2.45) is 0 Å². The molecule has 122 valence electrons. The minimum Gasteiger partial charge on any atom is -0.484 e. The Morgan fingerprint density at radius 3 is 2.83 bits per heavy atom. The molecule has 2 aromatic carbocycles. The van der Waals surface area contributed by atoms with E-state index in [1.54, 1.807) is 0 Å². The zero-order valence-corrected chi connectivity index (χ0v) is 13.6. The monoisotopic (exact) mass is 312 g/mol. The highest BCUT2D eigenvalue weighted by atomic mass is 16.5. The summed E-state index contributed by atoms with van der Waals surface area (Å²) < 4.78 is 5.75. The van der Waals surface area contributed by atoms with Crippen LogP contribution in [0.4, 0.5) is 0 Å². The van der Waals surface area contributed by atoms with Crippen molar-refractivity contribution in [1.29, 1.82) is 0 Å². The van der Waals surface area contributed by atoms with Gasteiger partial charge in [0.25, 0.3) is 5.91 Å². The Balaban J connectivity index is 1.63. The first-order chi connectivity index (χ1) is 11.3. The predicted molar refractivity (Wildman–Crippen MR) is 92.7 cm³/mol. The molecule has 2 aromatic rings. The average molecular weight is 312 g/mol. The number of hydrogen-bond acceptors (Lipinski definition) is 3. The molecule has 4 nitrogen and oxygen atoms in total. The highest BCUT2D eigenvalue weighted by Crippen LogP contribution is 2.20. The summed E-state index contributed by atoms with van der Waals surface area (Å²) >= 11 is 0. The van der Waals surface area contributed by atoms with Crippen LogP contribution in [-0.2, 0) is 4.79 Å². The van der Waals surface area contributed by atoms with Crippen molar-refractivity contribution in [3.63, 3.8) is 0 Å². The summed E-state index contributed by atoms with van der Waals surface area (Å²) in [6.07, 6.45) is 2.00. The molecule has 1 aliphatic rings. The van der Waals surface area contributed by atoms with Gasteiger partial charge in [0.15, 0.2) is 6.61 Å². The van der Waals surface area contributed by atoms with E-state index in [0.717, 1.165) is 43.6 Å². The van der Waals surface area contributed by atoms with Gasteiger partial charge >= 0.3 is 0 Å². The number of ether oxygens (including phenoxy) is 1. The van der Waals surface area contributed by atoms with Gasteiger partial charge < -0.3 is 15.0 Å². The lowest BCUT2D eigenvalue weighted by Crippen LogP contribution is -2.44. The fraction of sp³-hybridized carbons (Fsp3) is 0.421. The fourth-order valence-electron chi connectivity index (χ4n) is 3.14. The molecule has 3 rings (SSSR count). The smallest absolute Gasteiger partial charge is 0.260 e. The molecule has 0 bridgehead atoms. The lowest BCUT2D eigenvalue weighted by atomic mass is 10.1. The van der Waals surface area contributed by atoms with Gasteiger partial charge in [-0.15, -0.1) is 0 Å². The SMILES string of the molecule is CCCN(C(=O)COc1ccc2ccccc2c1)C1CCNC1. The van der Waals surface area contributed by atoms with E-state index in [9.17, 15) is 4.79 Å². The van der Waals surface area contributed by atoms with Crippen LogP contribution in [0.25, 0.3) is 10.8 Å². The topological polar surface area (TPSA) is 41.6 Å². The molecule has 0 aliphatic carbocycles. The van der Waals surface area contributed by atoms with Crippen molar-refractivity contribution >= 4 is 16.7 Å². The van der Waals surface area contributed by atoms with Gasteiger partial charge in [0.1, 0.15) is 5.75 Å². The standard InChI is InChI=1S/C19H24N2O2/c1-2-11-21(17-9-10-20-13-17)19(22)14-23-18-8-7-15-5-3-4-6-16(15)12-18/h3-8,12,17,20H,2,9-11,13-14H2,1H3. The van der Waals surface area contributed by atoms with E-state index in [-0.39, 0.29) is 12.5 Å². The number of benzene rings is 2. The molecule has 1 aliphatic heterocycles. The van der Waals surface area contributed by atoms with Gasteiger partial charge in [-0.1, -0.05) is 37.3 Å².